The molecule has 13 heavy (non-hydrogen) atoms. The van der Waals surface area contributed by atoms with Gasteiger partial charge in [0.1, 0.15) is 6.10 Å². The highest BCUT2D eigenvalue weighted by molar-refractivity contribution is 5.74. The van der Waals surface area contributed by atoms with Gasteiger partial charge in [0.2, 0.25) is 6.04 Å². The lowest BCUT2D eigenvalue weighted by atomic mass is 10.0. The smallest absolute Gasteiger partial charge is 0.367 e. The van der Waals surface area contributed by atoms with Crippen LogP contribution in [0, 0.1) is 5.92 Å². The van der Waals surface area contributed by atoms with Crippen molar-refractivity contribution in [1.29, 1.82) is 0 Å². The number of hydrogen-bond donors (Lipinski definition) is 2. The average Bonchev–Trinajstić information content (AvgIpc) is 2.02. The first-order valence-electron chi connectivity index (χ1n) is 4.18. The highest BCUT2D eigenvalue weighted by Gasteiger charge is 2.29. The van der Waals surface area contributed by atoms with E-state index in [-0.39, 0.29) is 18.3 Å². The molecule has 0 bridgehead atoms. The molecule has 5 heteroatoms. The highest BCUT2D eigenvalue weighted by atomic mass is 35.5. The standard InChI is InChI=1S/C8H17NO3.ClH/c1-4-12-8(11)6(9)7(10)5(2)3;/h5-7,10H,4,9H2,1-3H3;1H/t6-,7-;/m0./s1. The van der Waals surface area contributed by atoms with Gasteiger partial charge in [-0.1, -0.05) is 13.8 Å². The summed E-state index contributed by atoms with van der Waals surface area (Å²) in [5.74, 6) is -0.407. The molecule has 0 saturated carbocycles. The molecule has 0 aromatic rings. The van der Waals surface area contributed by atoms with E-state index < -0.39 is 18.1 Å². The molecule has 0 aliphatic rings. The molecule has 0 rings (SSSR count). The molecule has 0 spiro atoms. The van der Waals surface area contributed by atoms with Crippen molar-refractivity contribution in [2.24, 2.45) is 5.92 Å². The van der Waals surface area contributed by atoms with E-state index in [1.54, 1.807) is 6.92 Å². The number of esters is 1. The van der Waals surface area contributed by atoms with Crippen LogP contribution in [0.25, 0.3) is 0 Å². The van der Waals surface area contributed by atoms with Crippen LogP contribution in [0.5, 0.6) is 0 Å². The molecule has 0 fully saturated rings. The normalized spacial score (nSPS) is 14.6. The molecule has 4 nitrogen and oxygen atoms in total. The zero-order valence-electron chi connectivity index (χ0n) is 8.29. The zero-order chi connectivity index (χ0) is 9.72. The van der Waals surface area contributed by atoms with Crippen LogP contribution < -0.4 is 18.1 Å². The summed E-state index contributed by atoms with van der Waals surface area (Å²) < 4.78 is 4.71. The fourth-order valence-electron chi connectivity index (χ4n) is 0.853. The summed E-state index contributed by atoms with van der Waals surface area (Å²) in [6.07, 6.45) is -0.718. The lowest BCUT2D eigenvalue weighted by molar-refractivity contribution is -0.427. The second-order valence-electron chi connectivity index (χ2n) is 3.09. The van der Waals surface area contributed by atoms with E-state index in [1.165, 1.54) is 0 Å². The Hall–Kier alpha value is -0.320. The molecule has 0 heterocycles. The summed E-state index contributed by atoms with van der Waals surface area (Å²) in [6, 6.07) is -0.676. The van der Waals surface area contributed by atoms with Crippen molar-refractivity contribution in [3.8, 4) is 0 Å². The van der Waals surface area contributed by atoms with E-state index in [9.17, 15) is 9.90 Å². The topological polar surface area (TPSA) is 74.2 Å². The molecular weight excluding hydrogens is 194 g/mol. The summed E-state index contributed by atoms with van der Waals surface area (Å²) in [6.45, 7) is 5.73. The van der Waals surface area contributed by atoms with Crippen molar-refractivity contribution < 1.29 is 32.8 Å². The minimum absolute atomic E-state index is 0. The quantitative estimate of drug-likeness (QED) is 0.468. The number of ether oxygens (including phenoxy) is 1. The Kier molecular flexibility index (Phi) is 8.30. The fourth-order valence-corrected chi connectivity index (χ4v) is 0.853. The maximum atomic E-state index is 11.0. The number of carbonyl (C=O) groups is 1. The highest BCUT2D eigenvalue weighted by Crippen LogP contribution is 2.04. The van der Waals surface area contributed by atoms with Crippen molar-refractivity contribution >= 4 is 5.97 Å². The third-order valence-electron chi connectivity index (χ3n) is 1.68. The lowest BCUT2D eigenvalue weighted by Crippen LogP contribution is -3.00. The SMILES string of the molecule is CCOC(=O)[C@@H]([NH3+])[C@@H](O)C(C)C.[Cl-]. The Bertz CT molecular complexity index is 152. The Morgan fingerprint density at radius 2 is 2.00 bits per heavy atom. The van der Waals surface area contributed by atoms with E-state index in [0.29, 0.717) is 6.61 Å². The minimum Gasteiger partial charge on any atom is -1.00 e. The van der Waals surface area contributed by atoms with E-state index in [0.717, 1.165) is 0 Å². The van der Waals surface area contributed by atoms with Gasteiger partial charge in [0.15, 0.2) is 0 Å². The second-order valence-corrected chi connectivity index (χ2v) is 3.09. The molecule has 0 aliphatic heterocycles. The summed E-state index contributed by atoms with van der Waals surface area (Å²) in [7, 11) is 0. The van der Waals surface area contributed by atoms with Crippen molar-refractivity contribution in [2.45, 2.75) is 32.9 Å². The van der Waals surface area contributed by atoms with E-state index in [2.05, 4.69) is 5.73 Å². The van der Waals surface area contributed by atoms with Gasteiger partial charge >= 0.3 is 5.97 Å². The van der Waals surface area contributed by atoms with Crippen molar-refractivity contribution in [3.63, 3.8) is 0 Å². The Morgan fingerprint density at radius 1 is 1.54 bits per heavy atom. The molecule has 0 aromatic carbocycles. The van der Waals surface area contributed by atoms with Gasteiger partial charge in [0, 0.05) is 0 Å². The largest absolute Gasteiger partial charge is 1.00 e. The van der Waals surface area contributed by atoms with E-state index in [4.69, 9.17) is 4.74 Å². The number of quaternary nitrogens is 1. The number of rotatable bonds is 4. The second kappa shape index (κ2) is 7.12. The summed E-state index contributed by atoms with van der Waals surface area (Å²) in [5.41, 5.74) is 3.55. The molecule has 4 N–H and O–H groups in total. The lowest BCUT2D eigenvalue weighted by Gasteiger charge is -2.17. The summed E-state index contributed by atoms with van der Waals surface area (Å²) in [4.78, 5) is 11.0. The molecule has 0 aromatic heterocycles. The van der Waals surface area contributed by atoms with Gasteiger partial charge in [-0.2, -0.15) is 0 Å². The van der Waals surface area contributed by atoms with Crippen LogP contribution in [-0.2, 0) is 9.53 Å². The van der Waals surface area contributed by atoms with Crippen molar-refractivity contribution in [1.82, 2.24) is 0 Å². The molecule has 2 atom stereocenters. The first-order chi connectivity index (χ1) is 5.50. The summed E-state index contributed by atoms with van der Waals surface area (Å²) >= 11 is 0. The van der Waals surface area contributed by atoms with Crippen LogP contribution in [-0.4, -0.2) is 29.8 Å². The molecule has 80 valence electrons. The van der Waals surface area contributed by atoms with Gasteiger partial charge in [-0.3, -0.25) is 0 Å². The predicted octanol–water partition coefficient (Wildman–Crippen LogP) is -3.82. The van der Waals surface area contributed by atoms with Crippen LogP contribution in [0.15, 0.2) is 0 Å². The zero-order valence-corrected chi connectivity index (χ0v) is 9.04. The average molecular weight is 212 g/mol. The Labute approximate surface area is 84.9 Å². The van der Waals surface area contributed by atoms with Gasteiger partial charge < -0.3 is 28.0 Å². The number of halogens is 1. The molecule has 0 radical (unpaired) electrons. The van der Waals surface area contributed by atoms with Crippen LogP contribution >= 0.6 is 0 Å². The van der Waals surface area contributed by atoms with E-state index in [1.807, 2.05) is 13.8 Å². The number of aliphatic hydroxyl groups is 1. The third kappa shape index (κ3) is 5.08. The number of hydrogen-bond acceptors (Lipinski definition) is 3. The molecule has 0 unspecified atom stereocenters. The van der Waals surface area contributed by atoms with Crippen LogP contribution in [0.1, 0.15) is 20.8 Å². The monoisotopic (exact) mass is 211 g/mol. The maximum absolute atomic E-state index is 11.0. The van der Waals surface area contributed by atoms with Gasteiger partial charge in [-0.15, -0.1) is 0 Å². The Morgan fingerprint density at radius 3 is 2.31 bits per heavy atom. The Balaban J connectivity index is 0. The molecule has 0 amide bonds. The predicted molar refractivity (Wildman–Crippen MR) is 44.2 cm³/mol. The minimum atomic E-state index is -0.718. The van der Waals surface area contributed by atoms with Crippen LogP contribution in [0.4, 0.5) is 0 Å². The van der Waals surface area contributed by atoms with Crippen molar-refractivity contribution in [2.75, 3.05) is 6.61 Å². The van der Waals surface area contributed by atoms with Crippen molar-refractivity contribution in [3.05, 3.63) is 0 Å². The van der Waals surface area contributed by atoms with Gasteiger partial charge in [-0.25, -0.2) is 4.79 Å². The molecule has 0 aliphatic carbocycles. The first-order valence-corrected chi connectivity index (χ1v) is 4.18. The van der Waals surface area contributed by atoms with Gasteiger partial charge in [0.05, 0.1) is 6.61 Å². The number of aliphatic hydroxyl groups excluding tert-OH is 1. The van der Waals surface area contributed by atoms with Gasteiger partial charge in [-0.05, 0) is 12.8 Å². The van der Waals surface area contributed by atoms with Gasteiger partial charge in [0.25, 0.3) is 0 Å². The maximum Gasteiger partial charge on any atom is 0.367 e. The molecular formula is C8H18ClNO3. The van der Waals surface area contributed by atoms with Crippen LogP contribution in [0.2, 0.25) is 0 Å². The summed E-state index contributed by atoms with van der Waals surface area (Å²) in [5, 5.41) is 9.43. The number of carbonyl (C=O) groups excluding carboxylic acids is 1. The fraction of sp³-hybridized carbons (Fsp3) is 0.875. The van der Waals surface area contributed by atoms with E-state index >= 15 is 0 Å². The molecule has 0 saturated heterocycles. The third-order valence-corrected chi connectivity index (χ3v) is 1.68. The first kappa shape index (κ1) is 15.2. The van der Waals surface area contributed by atoms with Crippen LogP contribution in [0.3, 0.4) is 0 Å².